The average Bonchev–Trinajstić information content (AvgIpc) is 2.27. The summed E-state index contributed by atoms with van der Waals surface area (Å²) in [6.07, 6.45) is 3.11. The van der Waals surface area contributed by atoms with Crippen molar-refractivity contribution in [1.82, 2.24) is 0 Å². The van der Waals surface area contributed by atoms with E-state index in [1.807, 2.05) is 0 Å². The average molecular weight is 236 g/mol. The van der Waals surface area contributed by atoms with Gasteiger partial charge in [-0.2, -0.15) is 0 Å². The van der Waals surface area contributed by atoms with Gasteiger partial charge in [0.25, 0.3) is 0 Å². The SMILES string of the molecule is O=C1CCCC(O)=C1CC1C(=O)CCCC1=O. The summed E-state index contributed by atoms with van der Waals surface area (Å²) in [7, 11) is 0. The zero-order chi connectivity index (χ0) is 12.4. The lowest BCUT2D eigenvalue weighted by molar-refractivity contribution is -0.135. The minimum absolute atomic E-state index is 0.0763. The van der Waals surface area contributed by atoms with E-state index in [1.165, 1.54) is 0 Å². The number of hydrogen-bond acceptors (Lipinski definition) is 4. The largest absolute Gasteiger partial charge is 0.512 e. The molecule has 0 aromatic carbocycles. The van der Waals surface area contributed by atoms with E-state index in [0.29, 0.717) is 44.1 Å². The van der Waals surface area contributed by atoms with Gasteiger partial charge in [0.05, 0.1) is 11.7 Å². The normalized spacial score (nSPS) is 23.4. The van der Waals surface area contributed by atoms with E-state index < -0.39 is 5.92 Å². The number of carbonyl (C=O) groups is 3. The fraction of sp³-hybridized carbons (Fsp3) is 0.615. The smallest absolute Gasteiger partial charge is 0.162 e. The number of aliphatic hydroxyl groups excluding tert-OH is 1. The highest BCUT2D eigenvalue weighted by molar-refractivity contribution is 6.06. The van der Waals surface area contributed by atoms with Crippen molar-refractivity contribution in [2.24, 2.45) is 5.92 Å². The number of carbonyl (C=O) groups excluding carboxylic acids is 3. The van der Waals surface area contributed by atoms with Crippen LogP contribution in [0.2, 0.25) is 0 Å². The molecule has 0 unspecified atom stereocenters. The first kappa shape index (κ1) is 12.0. The van der Waals surface area contributed by atoms with E-state index in [4.69, 9.17) is 0 Å². The lowest BCUT2D eigenvalue weighted by atomic mass is 9.80. The van der Waals surface area contributed by atoms with Gasteiger partial charge in [0, 0.05) is 31.3 Å². The lowest BCUT2D eigenvalue weighted by Gasteiger charge is -2.22. The van der Waals surface area contributed by atoms with Gasteiger partial charge in [-0.25, -0.2) is 0 Å². The molecule has 2 aliphatic rings. The van der Waals surface area contributed by atoms with Gasteiger partial charge in [-0.3, -0.25) is 14.4 Å². The van der Waals surface area contributed by atoms with Gasteiger partial charge in [-0.1, -0.05) is 0 Å². The number of hydrogen-bond donors (Lipinski definition) is 1. The molecule has 4 heteroatoms. The number of Topliss-reactive ketones (excluding diaryl/α,β-unsaturated/α-hetero) is 3. The highest BCUT2D eigenvalue weighted by Crippen LogP contribution is 2.29. The number of ketones is 3. The van der Waals surface area contributed by atoms with E-state index in [-0.39, 0.29) is 29.5 Å². The third-order valence-electron chi connectivity index (χ3n) is 3.53. The molecule has 0 bridgehead atoms. The molecule has 2 aliphatic carbocycles. The van der Waals surface area contributed by atoms with E-state index in [0.717, 1.165) is 0 Å². The third-order valence-corrected chi connectivity index (χ3v) is 3.53. The van der Waals surface area contributed by atoms with Gasteiger partial charge in [0.2, 0.25) is 0 Å². The van der Waals surface area contributed by atoms with Crippen LogP contribution in [0, 0.1) is 5.92 Å². The second-order valence-electron chi connectivity index (χ2n) is 4.74. The third kappa shape index (κ3) is 2.46. The highest BCUT2D eigenvalue weighted by Gasteiger charge is 2.33. The lowest BCUT2D eigenvalue weighted by Crippen LogP contribution is -2.30. The first-order valence-corrected chi connectivity index (χ1v) is 6.09. The molecule has 4 nitrogen and oxygen atoms in total. The summed E-state index contributed by atoms with van der Waals surface area (Å²) in [5.74, 6) is -0.893. The van der Waals surface area contributed by atoms with Crippen molar-refractivity contribution < 1.29 is 19.5 Å². The van der Waals surface area contributed by atoms with Gasteiger partial charge in [-0.05, 0) is 19.3 Å². The molecule has 1 saturated carbocycles. The fourth-order valence-electron chi connectivity index (χ4n) is 2.51. The second-order valence-corrected chi connectivity index (χ2v) is 4.74. The van der Waals surface area contributed by atoms with Crippen molar-refractivity contribution in [3.63, 3.8) is 0 Å². The Morgan fingerprint density at radius 3 is 2.12 bits per heavy atom. The topological polar surface area (TPSA) is 71.4 Å². The van der Waals surface area contributed by atoms with Gasteiger partial charge >= 0.3 is 0 Å². The molecule has 0 spiro atoms. The van der Waals surface area contributed by atoms with Gasteiger partial charge in [0.1, 0.15) is 11.6 Å². The van der Waals surface area contributed by atoms with E-state index in [1.54, 1.807) is 0 Å². The van der Waals surface area contributed by atoms with Crippen LogP contribution in [-0.4, -0.2) is 22.5 Å². The zero-order valence-electron chi connectivity index (χ0n) is 9.70. The maximum Gasteiger partial charge on any atom is 0.162 e. The minimum atomic E-state index is -0.692. The molecule has 0 heterocycles. The zero-order valence-corrected chi connectivity index (χ0v) is 9.70. The Bertz CT molecular complexity index is 390. The molecule has 17 heavy (non-hydrogen) atoms. The van der Waals surface area contributed by atoms with Crippen LogP contribution in [0.4, 0.5) is 0 Å². The van der Waals surface area contributed by atoms with Crippen molar-refractivity contribution in [3.05, 3.63) is 11.3 Å². The quantitative estimate of drug-likeness (QED) is 0.743. The number of aliphatic hydroxyl groups is 1. The van der Waals surface area contributed by atoms with Crippen LogP contribution in [0.25, 0.3) is 0 Å². The summed E-state index contributed by atoms with van der Waals surface area (Å²) in [5, 5.41) is 9.68. The van der Waals surface area contributed by atoms with Crippen LogP contribution in [0.3, 0.4) is 0 Å². The molecule has 0 radical (unpaired) electrons. The van der Waals surface area contributed by atoms with Crippen LogP contribution < -0.4 is 0 Å². The van der Waals surface area contributed by atoms with Crippen LogP contribution in [-0.2, 0) is 14.4 Å². The predicted molar refractivity (Wildman–Crippen MR) is 60.5 cm³/mol. The molecule has 1 N–H and O–H groups in total. The Hall–Kier alpha value is -1.45. The number of rotatable bonds is 2. The molecule has 1 fully saturated rings. The summed E-state index contributed by atoms with van der Waals surface area (Å²) < 4.78 is 0. The van der Waals surface area contributed by atoms with Crippen molar-refractivity contribution in [3.8, 4) is 0 Å². The summed E-state index contributed by atoms with van der Waals surface area (Å²) >= 11 is 0. The first-order valence-electron chi connectivity index (χ1n) is 6.09. The molecule has 0 saturated heterocycles. The van der Waals surface area contributed by atoms with Gasteiger partial charge < -0.3 is 5.11 Å². The Morgan fingerprint density at radius 2 is 1.53 bits per heavy atom. The second kappa shape index (κ2) is 4.82. The summed E-state index contributed by atoms with van der Waals surface area (Å²) in [5.41, 5.74) is 0.310. The van der Waals surface area contributed by atoms with E-state index in [2.05, 4.69) is 0 Å². The first-order chi connectivity index (χ1) is 8.09. The van der Waals surface area contributed by atoms with Gasteiger partial charge in [-0.15, -0.1) is 0 Å². The van der Waals surface area contributed by atoms with Crippen molar-refractivity contribution in [1.29, 1.82) is 0 Å². The Labute approximate surface area is 99.7 Å². The van der Waals surface area contributed by atoms with Crippen LogP contribution >= 0.6 is 0 Å². The molecular weight excluding hydrogens is 220 g/mol. The monoisotopic (exact) mass is 236 g/mol. The van der Waals surface area contributed by atoms with Crippen molar-refractivity contribution >= 4 is 17.3 Å². The molecule has 0 aromatic rings. The van der Waals surface area contributed by atoms with Crippen LogP contribution in [0.5, 0.6) is 0 Å². The summed E-state index contributed by atoms with van der Waals surface area (Å²) in [6.45, 7) is 0. The molecule has 0 amide bonds. The van der Waals surface area contributed by atoms with Crippen LogP contribution in [0.1, 0.15) is 44.9 Å². The molecule has 0 aliphatic heterocycles. The van der Waals surface area contributed by atoms with Crippen molar-refractivity contribution in [2.75, 3.05) is 0 Å². The Kier molecular flexibility index (Phi) is 3.41. The fourth-order valence-corrected chi connectivity index (χ4v) is 2.51. The van der Waals surface area contributed by atoms with Crippen molar-refractivity contribution in [2.45, 2.75) is 44.9 Å². The summed E-state index contributed by atoms with van der Waals surface area (Å²) in [4.78, 5) is 35.0. The Morgan fingerprint density at radius 1 is 0.941 bits per heavy atom. The summed E-state index contributed by atoms with van der Waals surface area (Å²) in [6, 6.07) is 0. The minimum Gasteiger partial charge on any atom is -0.512 e. The molecule has 0 aromatic heterocycles. The molecule has 0 atom stereocenters. The Balaban J connectivity index is 2.16. The maximum atomic E-state index is 11.7. The molecule has 2 rings (SSSR count). The standard InChI is InChI=1S/C13H16O4/c14-10-3-1-4-11(15)8(10)7-9-12(16)5-2-6-13(9)17/h8,16H,1-7H2. The van der Waals surface area contributed by atoms with Crippen LogP contribution in [0.15, 0.2) is 11.3 Å². The van der Waals surface area contributed by atoms with E-state index in [9.17, 15) is 19.5 Å². The maximum absolute atomic E-state index is 11.7. The number of allylic oxidation sites excluding steroid dienone is 2. The van der Waals surface area contributed by atoms with E-state index >= 15 is 0 Å². The molecule has 92 valence electrons. The predicted octanol–water partition coefficient (Wildman–Crippen LogP) is 1.88. The highest BCUT2D eigenvalue weighted by atomic mass is 16.3. The molecular formula is C13H16O4. The van der Waals surface area contributed by atoms with Gasteiger partial charge in [0.15, 0.2) is 5.78 Å².